The molecule has 0 bridgehead atoms. The number of aliphatic hydroxyl groups is 1. The van der Waals surface area contributed by atoms with E-state index >= 15 is 0 Å². The van der Waals surface area contributed by atoms with Gasteiger partial charge in [0.25, 0.3) is 0 Å². The lowest BCUT2D eigenvalue weighted by Gasteiger charge is -2.29. The lowest BCUT2D eigenvalue weighted by Crippen LogP contribution is -2.25. The van der Waals surface area contributed by atoms with Crippen molar-refractivity contribution in [2.45, 2.75) is 57.5 Å². The first-order valence-electron chi connectivity index (χ1n) is 8.03. The van der Waals surface area contributed by atoms with Crippen molar-refractivity contribution in [1.82, 2.24) is 0 Å². The molecule has 2 saturated carbocycles. The molecule has 0 atom stereocenters. The first kappa shape index (κ1) is 15.3. The summed E-state index contributed by atoms with van der Waals surface area (Å²) in [5.41, 5.74) is 0. The van der Waals surface area contributed by atoms with E-state index in [9.17, 15) is 0 Å². The lowest BCUT2D eigenvalue weighted by atomic mass is 9.83. The third-order valence-corrected chi connectivity index (χ3v) is 5.06. The van der Waals surface area contributed by atoms with E-state index in [0.29, 0.717) is 18.6 Å². The second-order valence-electron chi connectivity index (χ2n) is 6.49. The fourth-order valence-corrected chi connectivity index (χ4v) is 3.52. The highest BCUT2D eigenvalue weighted by Gasteiger charge is 2.23. The maximum atomic E-state index is 9.12. The molecule has 0 heterocycles. The summed E-state index contributed by atoms with van der Waals surface area (Å²) in [6.45, 7) is 2.25. The van der Waals surface area contributed by atoms with Crippen molar-refractivity contribution in [2.75, 3.05) is 26.9 Å². The molecule has 3 nitrogen and oxygen atoms in total. The summed E-state index contributed by atoms with van der Waals surface area (Å²) in [5.74, 6) is 2.04. The van der Waals surface area contributed by atoms with Crippen molar-refractivity contribution in [1.29, 1.82) is 0 Å². The third kappa shape index (κ3) is 5.05. The van der Waals surface area contributed by atoms with Gasteiger partial charge in [-0.05, 0) is 69.1 Å². The van der Waals surface area contributed by atoms with Crippen LogP contribution in [0.4, 0.5) is 0 Å². The maximum absolute atomic E-state index is 9.12. The van der Waals surface area contributed by atoms with Crippen molar-refractivity contribution >= 4 is 0 Å². The van der Waals surface area contributed by atoms with Crippen LogP contribution in [0.15, 0.2) is 0 Å². The van der Waals surface area contributed by atoms with Crippen LogP contribution in [0.3, 0.4) is 0 Å². The van der Waals surface area contributed by atoms with Gasteiger partial charge in [-0.1, -0.05) is 0 Å². The van der Waals surface area contributed by atoms with Crippen molar-refractivity contribution < 1.29 is 14.6 Å². The van der Waals surface area contributed by atoms with E-state index < -0.39 is 0 Å². The van der Waals surface area contributed by atoms with Gasteiger partial charge >= 0.3 is 0 Å². The van der Waals surface area contributed by atoms with Crippen molar-refractivity contribution in [3.63, 3.8) is 0 Å². The number of aliphatic hydroxyl groups excluding tert-OH is 1. The Morgan fingerprint density at radius 2 is 1.26 bits per heavy atom. The smallest absolute Gasteiger partial charge is 0.0571 e. The van der Waals surface area contributed by atoms with Gasteiger partial charge in [-0.2, -0.15) is 0 Å². The summed E-state index contributed by atoms with van der Waals surface area (Å²) in [6.07, 6.45) is 10.3. The Morgan fingerprint density at radius 1 is 0.789 bits per heavy atom. The van der Waals surface area contributed by atoms with E-state index in [2.05, 4.69) is 0 Å². The molecule has 0 aromatic heterocycles. The highest BCUT2D eigenvalue weighted by atomic mass is 16.5. The molecule has 0 aliphatic heterocycles. The van der Waals surface area contributed by atoms with Crippen molar-refractivity contribution in [2.24, 2.45) is 17.8 Å². The summed E-state index contributed by atoms with van der Waals surface area (Å²) in [5, 5.41) is 9.12. The average molecular weight is 270 g/mol. The highest BCUT2D eigenvalue weighted by molar-refractivity contribution is 4.74. The van der Waals surface area contributed by atoms with E-state index in [1.54, 1.807) is 0 Å². The Balaban J connectivity index is 1.53. The molecule has 2 aliphatic rings. The first-order valence-corrected chi connectivity index (χ1v) is 8.03. The van der Waals surface area contributed by atoms with E-state index in [1.165, 1.54) is 51.4 Å². The number of hydrogen-bond donors (Lipinski definition) is 1. The Bertz CT molecular complexity index is 204. The van der Waals surface area contributed by atoms with Gasteiger partial charge in [0.1, 0.15) is 0 Å². The van der Waals surface area contributed by atoms with E-state index in [4.69, 9.17) is 14.6 Å². The van der Waals surface area contributed by atoms with Crippen LogP contribution in [0, 0.1) is 17.8 Å². The normalized spacial score (nSPS) is 36.3. The second kappa shape index (κ2) is 8.23. The van der Waals surface area contributed by atoms with Gasteiger partial charge in [0.15, 0.2) is 0 Å². The van der Waals surface area contributed by atoms with Crippen LogP contribution in [0.25, 0.3) is 0 Å². The van der Waals surface area contributed by atoms with Crippen LogP contribution in [0.5, 0.6) is 0 Å². The van der Waals surface area contributed by atoms with Gasteiger partial charge in [0.05, 0.1) is 6.10 Å². The standard InChI is InChI=1S/C16H30O3/c1-18-16-8-6-15(7-9-16)12-19-11-14-4-2-13(10-17)3-5-14/h13-17H,2-12H2,1H3. The zero-order chi connectivity index (χ0) is 13.5. The van der Waals surface area contributed by atoms with Crippen molar-refractivity contribution in [3.05, 3.63) is 0 Å². The quantitative estimate of drug-likeness (QED) is 0.806. The van der Waals surface area contributed by atoms with Gasteiger partial charge in [-0.25, -0.2) is 0 Å². The molecule has 0 radical (unpaired) electrons. The lowest BCUT2D eigenvalue weighted by molar-refractivity contribution is 0.0133. The largest absolute Gasteiger partial charge is 0.396 e. The Morgan fingerprint density at radius 3 is 1.74 bits per heavy atom. The summed E-state index contributed by atoms with van der Waals surface area (Å²) >= 11 is 0. The molecule has 2 fully saturated rings. The highest BCUT2D eigenvalue weighted by Crippen LogP contribution is 2.30. The Kier molecular flexibility index (Phi) is 6.62. The van der Waals surface area contributed by atoms with E-state index in [0.717, 1.165) is 25.0 Å². The average Bonchev–Trinajstić information content (AvgIpc) is 2.49. The topological polar surface area (TPSA) is 38.7 Å². The zero-order valence-electron chi connectivity index (χ0n) is 12.4. The molecule has 1 N–H and O–H groups in total. The van der Waals surface area contributed by atoms with Crippen LogP contribution in [-0.2, 0) is 9.47 Å². The van der Waals surface area contributed by atoms with E-state index in [1.807, 2.05) is 7.11 Å². The minimum absolute atomic E-state index is 0.371. The number of methoxy groups -OCH3 is 1. The zero-order valence-corrected chi connectivity index (χ0v) is 12.4. The van der Waals surface area contributed by atoms with Gasteiger partial charge in [-0.3, -0.25) is 0 Å². The van der Waals surface area contributed by atoms with Crippen LogP contribution >= 0.6 is 0 Å². The third-order valence-electron chi connectivity index (χ3n) is 5.06. The molecule has 0 aromatic carbocycles. The Labute approximate surface area is 117 Å². The summed E-state index contributed by atoms with van der Waals surface area (Å²) < 4.78 is 11.3. The molecular formula is C16H30O3. The van der Waals surface area contributed by atoms with Crippen LogP contribution in [0.2, 0.25) is 0 Å². The summed E-state index contributed by atoms with van der Waals surface area (Å²) in [4.78, 5) is 0. The van der Waals surface area contributed by atoms with Gasteiger partial charge in [0, 0.05) is 26.9 Å². The van der Waals surface area contributed by atoms with Crippen LogP contribution < -0.4 is 0 Å². The maximum Gasteiger partial charge on any atom is 0.0571 e. The van der Waals surface area contributed by atoms with Gasteiger partial charge < -0.3 is 14.6 Å². The molecule has 19 heavy (non-hydrogen) atoms. The van der Waals surface area contributed by atoms with Crippen LogP contribution in [0.1, 0.15) is 51.4 Å². The molecule has 0 aromatic rings. The number of hydrogen-bond acceptors (Lipinski definition) is 3. The molecule has 0 spiro atoms. The summed E-state index contributed by atoms with van der Waals surface area (Å²) in [6, 6.07) is 0. The molecule has 2 aliphatic carbocycles. The van der Waals surface area contributed by atoms with Crippen LogP contribution in [-0.4, -0.2) is 38.1 Å². The molecule has 0 amide bonds. The van der Waals surface area contributed by atoms with E-state index in [-0.39, 0.29) is 0 Å². The molecular weight excluding hydrogens is 240 g/mol. The van der Waals surface area contributed by atoms with Gasteiger partial charge in [0.2, 0.25) is 0 Å². The molecule has 2 rings (SSSR count). The minimum atomic E-state index is 0.371. The van der Waals surface area contributed by atoms with Gasteiger partial charge in [-0.15, -0.1) is 0 Å². The Hall–Kier alpha value is -0.120. The fraction of sp³-hybridized carbons (Fsp3) is 1.00. The SMILES string of the molecule is COC1CCC(COCC2CCC(CO)CC2)CC1. The predicted molar refractivity (Wildman–Crippen MR) is 76.1 cm³/mol. The number of ether oxygens (including phenoxy) is 2. The molecule has 0 saturated heterocycles. The number of rotatable bonds is 6. The monoisotopic (exact) mass is 270 g/mol. The molecule has 112 valence electrons. The predicted octanol–water partition coefficient (Wildman–Crippen LogP) is 3.01. The molecule has 0 unspecified atom stereocenters. The first-order chi connectivity index (χ1) is 9.31. The summed E-state index contributed by atoms with van der Waals surface area (Å²) in [7, 11) is 1.82. The van der Waals surface area contributed by atoms with Crippen molar-refractivity contribution in [3.8, 4) is 0 Å². The molecule has 3 heteroatoms. The fourth-order valence-electron chi connectivity index (χ4n) is 3.52. The second-order valence-corrected chi connectivity index (χ2v) is 6.49. The minimum Gasteiger partial charge on any atom is -0.396 e.